The third-order valence-electron chi connectivity index (χ3n) is 4.19. The van der Waals surface area contributed by atoms with E-state index in [1.54, 1.807) is 7.11 Å². The minimum Gasteiger partial charge on any atom is -0.384 e. The molecule has 1 fully saturated rings. The molecule has 0 aromatic heterocycles. The lowest BCUT2D eigenvalue weighted by molar-refractivity contribution is -0.133. The molecule has 126 valence electrons. The number of nitrogens with one attached hydrogen (secondary N) is 1. The van der Waals surface area contributed by atoms with Gasteiger partial charge in [0.25, 0.3) is 5.91 Å². The van der Waals surface area contributed by atoms with Crippen molar-refractivity contribution in [1.29, 1.82) is 0 Å². The van der Waals surface area contributed by atoms with E-state index < -0.39 is 0 Å². The molecule has 0 saturated carbocycles. The Labute approximate surface area is 138 Å². The Morgan fingerprint density at radius 1 is 1.17 bits per heavy atom. The summed E-state index contributed by atoms with van der Waals surface area (Å²) < 4.78 is 4.94. The van der Waals surface area contributed by atoms with Crippen LogP contribution >= 0.6 is 0 Å². The van der Waals surface area contributed by atoms with Crippen LogP contribution in [0.5, 0.6) is 0 Å². The highest BCUT2D eigenvalue weighted by atomic mass is 16.5. The first-order chi connectivity index (χ1) is 11.0. The van der Waals surface area contributed by atoms with Crippen molar-refractivity contribution < 1.29 is 14.3 Å². The summed E-state index contributed by atoms with van der Waals surface area (Å²) in [5, 5.41) is 3.09. The maximum atomic E-state index is 12.4. The molecular weight excluding hydrogens is 292 g/mol. The van der Waals surface area contributed by atoms with E-state index in [2.05, 4.69) is 11.4 Å². The number of aryl methyl sites for hydroxylation is 2. The molecule has 1 N–H and O–H groups in total. The predicted molar refractivity (Wildman–Crippen MR) is 89.5 cm³/mol. The Morgan fingerprint density at radius 3 is 2.35 bits per heavy atom. The van der Waals surface area contributed by atoms with Crippen molar-refractivity contribution in [1.82, 2.24) is 10.2 Å². The van der Waals surface area contributed by atoms with Crippen LogP contribution in [0.15, 0.2) is 18.2 Å². The van der Waals surface area contributed by atoms with Gasteiger partial charge in [0.1, 0.15) is 0 Å². The minimum absolute atomic E-state index is 0.0269. The first kappa shape index (κ1) is 17.5. The molecule has 0 unspecified atom stereocenters. The van der Waals surface area contributed by atoms with E-state index in [1.807, 2.05) is 30.9 Å². The van der Waals surface area contributed by atoms with E-state index in [1.165, 1.54) is 0 Å². The third-order valence-corrected chi connectivity index (χ3v) is 4.19. The van der Waals surface area contributed by atoms with Gasteiger partial charge in [-0.1, -0.05) is 17.2 Å². The standard InChI is InChI=1S/C18H26N2O3/c1-13-10-14(2)12-15(11-13)18(22)19-16-4-7-20(8-5-16)17(21)6-9-23-3/h10-12,16H,4-9H2,1-3H3,(H,19,22). The van der Waals surface area contributed by atoms with E-state index in [0.29, 0.717) is 31.7 Å². The highest BCUT2D eigenvalue weighted by Gasteiger charge is 2.23. The first-order valence-corrected chi connectivity index (χ1v) is 8.15. The lowest BCUT2D eigenvalue weighted by Crippen LogP contribution is -2.46. The molecule has 23 heavy (non-hydrogen) atoms. The van der Waals surface area contributed by atoms with Crippen LogP contribution in [0.4, 0.5) is 0 Å². The highest BCUT2D eigenvalue weighted by Crippen LogP contribution is 2.14. The van der Waals surface area contributed by atoms with Crippen molar-refractivity contribution in [2.45, 2.75) is 39.2 Å². The van der Waals surface area contributed by atoms with Gasteiger partial charge in [-0.3, -0.25) is 9.59 Å². The number of hydrogen-bond acceptors (Lipinski definition) is 3. The molecule has 0 aliphatic carbocycles. The van der Waals surface area contributed by atoms with Gasteiger partial charge in [-0.15, -0.1) is 0 Å². The number of likely N-dealkylation sites (tertiary alicyclic amines) is 1. The maximum absolute atomic E-state index is 12.4. The SMILES string of the molecule is COCCC(=O)N1CCC(NC(=O)c2cc(C)cc(C)c2)CC1. The Balaban J connectivity index is 1.84. The zero-order valence-electron chi connectivity index (χ0n) is 14.2. The molecule has 1 heterocycles. The molecule has 5 nitrogen and oxygen atoms in total. The average Bonchev–Trinajstić information content (AvgIpc) is 2.52. The summed E-state index contributed by atoms with van der Waals surface area (Å²) in [6.45, 7) is 5.84. The molecule has 2 rings (SSSR count). The van der Waals surface area contributed by atoms with Crippen LogP contribution in [0.3, 0.4) is 0 Å². The minimum atomic E-state index is -0.0269. The van der Waals surface area contributed by atoms with E-state index in [-0.39, 0.29) is 17.9 Å². The fraction of sp³-hybridized carbons (Fsp3) is 0.556. The first-order valence-electron chi connectivity index (χ1n) is 8.15. The number of piperidine rings is 1. The maximum Gasteiger partial charge on any atom is 0.251 e. The van der Waals surface area contributed by atoms with Crippen LogP contribution in [0.25, 0.3) is 0 Å². The molecule has 1 aromatic rings. The Morgan fingerprint density at radius 2 is 1.78 bits per heavy atom. The van der Waals surface area contributed by atoms with Crippen molar-refractivity contribution >= 4 is 11.8 Å². The largest absolute Gasteiger partial charge is 0.384 e. The molecule has 1 aliphatic heterocycles. The summed E-state index contributed by atoms with van der Waals surface area (Å²) in [6.07, 6.45) is 2.03. The molecule has 1 aliphatic rings. The number of carbonyl (C=O) groups excluding carboxylic acids is 2. The van der Waals surface area contributed by atoms with E-state index in [4.69, 9.17) is 4.74 Å². The number of benzene rings is 1. The molecule has 5 heteroatoms. The van der Waals surface area contributed by atoms with Crippen LogP contribution in [0, 0.1) is 13.8 Å². The van der Waals surface area contributed by atoms with E-state index in [9.17, 15) is 9.59 Å². The van der Waals surface area contributed by atoms with Crippen LogP contribution < -0.4 is 5.32 Å². The van der Waals surface area contributed by atoms with Gasteiger partial charge < -0.3 is 15.0 Å². The number of ether oxygens (including phenoxy) is 1. The zero-order chi connectivity index (χ0) is 16.8. The number of hydrogen-bond donors (Lipinski definition) is 1. The van der Waals surface area contributed by atoms with Gasteiger partial charge in [0.2, 0.25) is 5.91 Å². The second-order valence-corrected chi connectivity index (χ2v) is 6.25. The molecule has 1 aromatic carbocycles. The lowest BCUT2D eigenvalue weighted by Gasteiger charge is -2.32. The van der Waals surface area contributed by atoms with Crippen molar-refractivity contribution in [3.63, 3.8) is 0 Å². The monoisotopic (exact) mass is 318 g/mol. The summed E-state index contributed by atoms with van der Waals surface area (Å²) >= 11 is 0. The normalized spacial score (nSPS) is 15.5. The lowest BCUT2D eigenvalue weighted by atomic mass is 10.0. The molecular formula is C18H26N2O3. The number of carbonyl (C=O) groups is 2. The van der Waals surface area contributed by atoms with Crippen LogP contribution in [0.2, 0.25) is 0 Å². The second-order valence-electron chi connectivity index (χ2n) is 6.25. The van der Waals surface area contributed by atoms with Crippen LogP contribution in [-0.4, -0.2) is 49.6 Å². The van der Waals surface area contributed by atoms with Crippen molar-refractivity contribution in [3.8, 4) is 0 Å². The summed E-state index contributed by atoms with van der Waals surface area (Å²) in [5.41, 5.74) is 2.89. The summed E-state index contributed by atoms with van der Waals surface area (Å²) in [6, 6.07) is 6.01. The number of rotatable bonds is 5. The van der Waals surface area contributed by atoms with Gasteiger partial charge in [-0.05, 0) is 38.8 Å². The van der Waals surface area contributed by atoms with E-state index in [0.717, 1.165) is 24.0 Å². The fourth-order valence-electron chi connectivity index (χ4n) is 3.00. The highest BCUT2D eigenvalue weighted by molar-refractivity contribution is 5.94. The van der Waals surface area contributed by atoms with Crippen LogP contribution in [-0.2, 0) is 9.53 Å². The average molecular weight is 318 g/mol. The summed E-state index contributed by atoms with van der Waals surface area (Å²) in [5.74, 6) is 0.104. The number of amides is 2. The number of methoxy groups -OCH3 is 1. The molecule has 1 saturated heterocycles. The predicted octanol–water partition coefficient (Wildman–Crippen LogP) is 2.06. The second kappa shape index (κ2) is 8.11. The third kappa shape index (κ3) is 5.06. The molecule has 0 radical (unpaired) electrons. The van der Waals surface area contributed by atoms with Crippen molar-refractivity contribution in [2.24, 2.45) is 0 Å². The topological polar surface area (TPSA) is 58.6 Å². The van der Waals surface area contributed by atoms with Gasteiger partial charge in [0, 0.05) is 31.8 Å². The Hall–Kier alpha value is -1.88. The molecule has 2 amide bonds. The Bertz CT molecular complexity index is 543. The van der Waals surface area contributed by atoms with Gasteiger partial charge in [0.15, 0.2) is 0 Å². The Kier molecular flexibility index (Phi) is 6.16. The summed E-state index contributed by atoms with van der Waals surface area (Å²) in [4.78, 5) is 26.2. The number of nitrogens with zero attached hydrogens (tertiary/aromatic N) is 1. The smallest absolute Gasteiger partial charge is 0.251 e. The van der Waals surface area contributed by atoms with Gasteiger partial charge in [-0.2, -0.15) is 0 Å². The van der Waals surface area contributed by atoms with E-state index >= 15 is 0 Å². The fourth-order valence-corrected chi connectivity index (χ4v) is 3.00. The summed E-state index contributed by atoms with van der Waals surface area (Å²) in [7, 11) is 1.60. The molecule has 0 spiro atoms. The van der Waals surface area contributed by atoms with Gasteiger partial charge in [-0.25, -0.2) is 0 Å². The van der Waals surface area contributed by atoms with Crippen molar-refractivity contribution in [3.05, 3.63) is 34.9 Å². The van der Waals surface area contributed by atoms with Gasteiger partial charge in [0.05, 0.1) is 13.0 Å². The van der Waals surface area contributed by atoms with Gasteiger partial charge >= 0.3 is 0 Å². The zero-order valence-corrected chi connectivity index (χ0v) is 14.2. The van der Waals surface area contributed by atoms with Crippen molar-refractivity contribution in [2.75, 3.05) is 26.8 Å². The molecule has 0 atom stereocenters. The molecule has 0 bridgehead atoms. The quantitative estimate of drug-likeness (QED) is 0.904. The van der Waals surface area contributed by atoms with Crippen LogP contribution in [0.1, 0.15) is 40.7 Å².